The summed E-state index contributed by atoms with van der Waals surface area (Å²) in [7, 11) is 0. The molecule has 1 aromatic carbocycles. The average molecular weight is 429 g/mol. The lowest BCUT2D eigenvalue weighted by Gasteiger charge is -2.35. The monoisotopic (exact) mass is 429 g/mol. The van der Waals surface area contributed by atoms with Gasteiger partial charge in [0.1, 0.15) is 11.6 Å². The highest BCUT2D eigenvalue weighted by Crippen LogP contribution is 2.21. The van der Waals surface area contributed by atoms with Crippen LogP contribution in [0, 0.1) is 0 Å². The summed E-state index contributed by atoms with van der Waals surface area (Å²) in [5.74, 6) is 2.18. The van der Waals surface area contributed by atoms with Gasteiger partial charge in [0.25, 0.3) is 5.56 Å². The predicted molar refractivity (Wildman–Crippen MR) is 121 cm³/mol. The number of benzene rings is 1. The fourth-order valence-electron chi connectivity index (χ4n) is 3.79. The van der Waals surface area contributed by atoms with E-state index in [0.29, 0.717) is 12.2 Å². The number of hydrogen-bond acceptors (Lipinski definition) is 8. The van der Waals surface area contributed by atoms with Crippen molar-refractivity contribution in [2.24, 2.45) is 0 Å². The van der Waals surface area contributed by atoms with Gasteiger partial charge >= 0.3 is 0 Å². The Bertz CT molecular complexity index is 1240. The number of aromatic nitrogens is 7. The van der Waals surface area contributed by atoms with E-state index >= 15 is 0 Å². The van der Waals surface area contributed by atoms with Crippen molar-refractivity contribution in [1.82, 2.24) is 35.2 Å². The van der Waals surface area contributed by atoms with Crippen LogP contribution < -0.4 is 15.4 Å². The molecule has 1 N–H and O–H groups in total. The molecule has 1 saturated heterocycles. The zero-order chi connectivity index (χ0) is 21.9. The Morgan fingerprint density at radius 2 is 1.78 bits per heavy atom. The number of aryl methyl sites for hydroxylation is 1. The van der Waals surface area contributed by atoms with Crippen molar-refractivity contribution in [3.63, 3.8) is 0 Å². The fraction of sp³-hybridized carbons (Fsp3) is 0.273. The molecular formula is C22H23N9O. The van der Waals surface area contributed by atoms with Gasteiger partial charge in [-0.05, 0) is 41.1 Å². The number of anilines is 2. The molecular weight excluding hydrogens is 406 g/mol. The van der Waals surface area contributed by atoms with Crippen LogP contribution in [0.15, 0.2) is 59.5 Å². The Kier molecular flexibility index (Phi) is 5.32. The minimum absolute atomic E-state index is 0.148. The van der Waals surface area contributed by atoms with Crippen LogP contribution in [-0.2, 0) is 6.42 Å². The van der Waals surface area contributed by atoms with Crippen LogP contribution in [0.3, 0.4) is 0 Å². The zero-order valence-corrected chi connectivity index (χ0v) is 17.7. The maximum absolute atomic E-state index is 11.9. The van der Waals surface area contributed by atoms with Crippen LogP contribution in [0.25, 0.3) is 17.1 Å². The number of nitrogens with one attached hydrogen (secondary N) is 1. The van der Waals surface area contributed by atoms with Crippen molar-refractivity contribution in [1.29, 1.82) is 0 Å². The van der Waals surface area contributed by atoms with Gasteiger partial charge in [-0.1, -0.05) is 30.2 Å². The van der Waals surface area contributed by atoms with E-state index in [1.54, 1.807) is 10.9 Å². The Balaban J connectivity index is 1.28. The van der Waals surface area contributed by atoms with Crippen LogP contribution in [0.4, 0.5) is 11.8 Å². The molecule has 0 amide bonds. The first-order valence-electron chi connectivity index (χ1n) is 10.6. The predicted octanol–water partition coefficient (Wildman–Crippen LogP) is 1.70. The summed E-state index contributed by atoms with van der Waals surface area (Å²) in [5.41, 5.74) is 2.35. The molecule has 0 radical (unpaired) electrons. The van der Waals surface area contributed by atoms with Gasteiger partial charge in [0, 0.05) is 49.7 Å². The van der Waals surface area contributed by atoms with Gasteiger partial charge in [-0.25, -0.2) is 9.97 Å². The molecule has 4 aromatic rings. The number of hydrogen-bond donors (Lipinski definition) is 1. The lowest BCUT2D eigenvalue weighted by atomic mass is 10.2. The van der Waals surface area contributed by atoms with Crippen molar-refractivity contribution in [3.05, 3.63) is 70.8 Å². The standard InChI is InChI=1S/C22H23N9O/c1-2-17-14-20(32)25-21(24-17)16-8-9-19(23-15-16)29-10-12-30(13-11-29)22-26-27-28-31(22)18-6-4-3-5-7-18/h3-9,14-15H,2,10-13H2,1H3,(H,24,25,32). The van der Waals surface area contributed by atoms with Gasteiger partial charge in [0.05, 0.1) is 5.69 Å². The van der Waals surface area contributed by atoms with Crippen LogP contribution in [0.1, 0.15) is 12.6 Å². The SMILES string of the molecule is CCc1cc(=O)[nH]c(-c2ccc(N3CCN(c4nnnn4-c4ccccc4)CC3)nc2)n1. The first-order valence-corrected chi connectivity index (χ1v) is 10.6. The smallest absolute Gasteiger partial charge is 0.251 e. The van der Waals surface area contributed by atoms with E-state index in [2.05, 4.69) is 40.3 Å². The third-order valence-electron chi connectivity index (χ3n) is 5.52. The molecule has 0 saturated carbocycles. The zero-order valence-electron chi connectivity index (χ0n) is 17.7. The highest BCUT2D eigenvalue weighted by Gasteiger charge is 2.23. The number of nitrogens with zero attached hydrogens (tertiary/aromatic N) is 8. The Hall–Kier alpha value is -4.08. The molecule has 1 fully saturated rings. The summed E-state index contributed by atoms with van der Waals surface area (Å²) in [4.78, 5) is 28.2. The van der Waals surface area contributed by atoms with Gasteiger partial charge < -0.3 is 14.8 Å². The number of tetrazole rings is 1. The third kappa shape index (κ3) is 3.94. The Labute approximate surface area is 184 Å². The molecule has 10 heteroatoms. The summed E-state index contributed by atoms with van der Waals surface area (Å²) in [6.07, 6.45) is 2.47. The summed E-state index contributed by atoms with van der Waals surface area (Å²) >= 11 is 0. The number of rotatable bonds is 5. The Morgan fingerprint density at radius 1 is 1.00 bits per heavy atom. The van der Waals surface area contributed by atoms with E-state index < -0.39 is 0 Å². The van der Waals surface area contributed by atoms with Crippen LogP contribution in [-0.4, -0.2) is 61.3 Å². The van der Waals surface area contributed by atoms with Gasteiger partial charge in [-0.3, -0.25) is 4.79 Å². The van der Waals surface area contributed by atoms with Crippen LogP contribution in [0.2, 0.25) is 0 Å². The number of piperazine rings is 1. The first-order chi connectivity index (χ1) is 15.7. The molecule has 10 nitrogen and oxygen atoms in total. The summed E-state index contributed by atoms with van der Waals surface area (Å²) < 4.78 is 1.76. The quantitative estimate of drug-likeness (QED) is 0.511. The molecule has 0 bridgehead atoms. The molecule has 3 aromatic heterocycles. The van der Waals surface area contributed by atoms with E-state index in [1.165, 1.54) is 6.07 Å². The summed E-state index contributed by atoms with van der Waals surface area (Å²) in [6, 6.07) is 15.3. The highest BCUT2D eigenvalue weighted by atomic mass is 16.1. The summed E-state index contributed by atoms with van der Waals surface area (Å²) in [6.45, 7) is 5.14. The van der Waals surface area contributed by atoms with E-state index in [-0.39, 0.29) is 5.56 Å². The maximum Gasteiger partial charge on any atom is 0.251 e. The van der Waals surface area contributed by atoms with Crippen molar-refractivity contribution < 1.29 is 0 Å². The number of pyridine rings is 1. The molecule has 1 aliphatic heterocycles. The van der Waals surface area contributed by atoms with E-state index in [4.69, 9.17) is 0 Å². The van der Waals surface area contributed by atoms with Crippen molar-refractivity contribution in [3.8, 4) is 17.1 Å². The second kappa shape index (κ2) is 8.58. The second-order valence-electron chi connectivity index (χ2n) is 7.54. The fourth-order valence-corrected chi connectivity index (χ4v) is 3.79. The molecule has 5 rings (SSSR count). The van der Waals surface area contributed by atoms with Crippen LogP contribution >= 0.6 is 0 Å². The van der Waals surface area contributed by atoms with E-state index in [9.17, 15) is 4.79 Å². The third-order valence-corrected chi connectivity index (χ3v) is 5.52. The molecule has 4 heterocycles. The van der Waals surface area contributed by atoms with Crippen molar-refractivity contribution >= 4 is 11.8 Å². The average Bonchev–Trinajstić information content (AvgIpc) is 3.34. The lowest BCUT2D eigenvalue weighted by Crippen LogP contribution is -2.47. The van der Waals surface area contributed by atoms with Gasteiger partial charge in [0.2, 0.25) is 5.95 Å². The lowest BCUT2D eigenvalue weighted by molar-refractivity contribution is 0.626. The Morgan fingerprint density at radius 3 is 2.50 bits per heavy atom. The molecule has 162 valence electrons. The molecule has 1 aliphatic rings. The van der Waals surface area contributed by atoms with E-state index in [1.807, 2.05) is 49.4 Å². The largest absolute Gasteiger partial charge is 0.353 e. The minimum Gasteiger partial charge on any atom is -0.353 e. The van der Waals surface area contributed by atoms with Gasteiger partial charge in [0.15, 0.2) is 0 Å². The number of aromatic amines is 1. The van der Waals surface area contributed by atoms with E-state index in [0.717, 1.165) is 54.9 Å². The van der Waals surface area contributed by atoms with Gasteiger partial charge in [-0.2, -0.15) is 4.68 Å². The summed E-state index contributed by atoms with van der Waals surface area (Å²) in [5, 5.41) is 12.3. The number of para-hydroxylation sites is 1. The number of H-pyrrole nitrogens is 1. The van der Waals surface area contributed by atoms with Crippen molar-refractivity contribution in [2.45, 2.75) is 13.3 Å². The van der Waals surface area contributed by atoms with Crippen LogP contribution in [0.5, 0.6) is 0 Å². The molecule has 32 heavy (non-hydrogen) atoms. The molecule has 0 aliphatic carbocycles. The van der Waals surface area contributed by atoms with Crippen molar-refractivity contribution in [2.75, 3.05) is 36.0 Å². The molecule has 0 unspecified atom stereocenters. The topological polar surface area (TPSA) is 109 Å². The normalized spacial score (nSPS) is 14.0. The first kappa shape index (κ1) is 19.9. The van der Waals surface area contributed by atoms with Gasteiger partial charge in [-0.15, -0.1) is 0 Å². The highest BCUT2D eigenvalue weighted by molar-refractivity contribution is 5.56. The second-order valence-corrected chi connectivity index (χ2v) is 7.54. The minimum atomic E-state index is -0.148. The molecule has 0 atom stereocenters. The maximum atomic E-state index is 11.9. The molecule has 0 spiro atoms.